The number of hydrogen-bond donors (Lipinski definition) is 0. The number of nitrogens with zero attached hydrogens (tertiary/aromatic N) is 3. The molecule has 0 amide bonds. The molecule has 0 atom stereocenters. The number of carbonyl (C=O) groups is 1. The molecule has 6 nitrogen and oxygen atoms in total. The zero-order valence-corrected chi connectivity index (χ0v) is 10.1. The Morgan fingerprint density at radius 3 is 2.69 bits per heavy atom. The molecule has 0 aliphatic heterocycles. The van der Waals surface area contributed by atoms with Crippen molar-refractivity contribution in [2.75, 3.05) is 13.7 Å². The van der Waals surface area contributed by atoms with E-state index in [0.717, 1.165) is 0 Å². The van der Waals surface area contributed by atoms with Crippen molar-refractivity contribution < 1.29 is 14.1 Å². The predicted molar refractivity (Wildman–Crippen MR) is 56.6 cm³/mol. The lowest BCUT2D eigenvalue weighted by Crippen LogP contribution is -2.36. The normalized spacial score (nSPS) is 11.1. The molecule has 0 bridgehead atoms. The summed E-state index contributed by atoms with van der Waals surface area (Å²) in [6.45, 7) is 6.42. The van der Waals surface area contributed by atoms with Crippen molar-refractivity contribution >= 4 is 5.97 Å². The zero-order valence-electron chi connectivity index (χ0n) is 10.1. The molecule has 6 heteroatoms. The van der Waals surface area contributed by atoms with E-state index in [4.69, 9.17) is 4.52 Å². The van der Waals surface area contributed by atoms with Gasteiger partial charge in [0.15, 0.2) is 5.82 Å². The Morgan fingerprint density at radius 2 is 2.25 bits per heavy atom. The van der Waals surface area contributed by atoms with Gasteiger partial charge in [-0.1, -0.05) is 5.16 Å². The molecule has 1 aromatic heterocycles. The van der Waals surface area contributed by atoms with Crippen molar-refractivity contribution in [2.24, 2.45) is 0 Å². The molecule has 16 heavy (non-hydrogen) atoms. The number of ether oxygens (including phenoxy) is 1. The third-order valence-corrected chi connectivity index (χ3v) is 2.20. The zero-order chi connectivity index (χ0) is 12.1. The quantitative estimate of drug-likeness (QED) is 0.692. The fourth-order valence-corrected chi connectivity index (χ4v) is 1.24. The summed E-state index contributed by atoms with van der Waals surface area (Å²) in [6.07, 6.45) is 0. The van der Waals surface area contributed by atoms with Crippen LogP contribution >= 0.6 is 0 Å². The summed E-state index contributed by atoms with van der Waals surface area (Å²) in [6, 6.07) is 0.206. The highest BCUT2D eigenvalue weighted by Crippen LogP contribution is 2.05. The monoisotopic (exact) mass is 227 g/mol. The smallest absolute Gasteiger partial charge is 0.319 e. The summed E-state index contributed by atoms with van der Waals surface area (Å²) < 4.78 is 9.50. The van der Waals surface area contributed by atoms with E-state index in [9.17, 15) is 4.79 Å². The minimum absolute atomic E-state index is 0.206. The van der Waals surface area contributed by atoms with E-state index in [2.05, 4.69) is 14.9 Å². The van der Waals surface area contributed by atoms with E-state index >= 15 is 0 Å². The van der Waals surface area contributed by atoms with Gasteiger partial charge in [0.2, 0.25) is 5.89 Å². The molecule has 1 rings (SSSR count). The molecule has 0 fully saturated rings. The van der Waals surface area contributed by atoms with Crippen LogP contribution < -0.4 is 0 Å². The van der Waals surface area contributed by atoms with Crippen LogP contribution in [0.3, 0.4) is 0 Å². The summed E-state index contributed by atoms with van der Waals surface area (Å²) in [7, 11) is 1.37. The molecular weight excluding hydrogens is 210 g/mol. The highest BCUT2D eigenvalue weighted by molar-refractivity contribution is 5.71. The molecule has 90 valence electrons. The fourth-order valence-electron chi connectivity index (χ4n) is 1.24. The topological polar surface area (TPSA) is 68.5 Å². The highest BCUT2D eigenvalue weighted by Gasteiger charge is 2.17. The Hall–Kier alpha value is -1.43. The van der Waals surface area contributed by atoms with Crippen LogP contribution in [0.25, 0.3) is 0 Å². The van der Waals surface area contributed by atoms with Gasteiger partial charge in [-0.25, -0.2) is 0 Å². The summed E-state index contributed by atoms with van der Waals surface area (Å²) in [5, 5.41) is 3.79. The van der Waals surface area contributed by atoms with Crippen molar-refractivity contribution in [1.82, 2.24) is 15.0 Å². The molecule has 0 aliphatic rings. The van der Waals surface area contributed by atoms with Crippen molar-refractivity contribution in [3.05, 3.63) is 11.7 Å². The number of aromatic nitrogens is 2. The second-order valence-electron chi connectivity index (χ2n) is 3.80. The molecule has 0 N–H and O–H groups in total. The number of esters is 1. The van der Waals surface area contributed by atoms with Crippen molar-refractivity contribution in [3.8, 4) is 0 Å². The maximum absolute atomic E-state index is 11.2. The molecule has 0 aliphatic carbocycles. The molecule has 1 heterocycles. The lowest BCUT2D eigenvalue weighted by atomic mass is 10.3. The largest absolute Gasteiger partial charge is 0.468 e. The minimum Gasteiger partial charge on any atom is -0.468 e. The third-order valence-electron chi connectivity index (χ3n) is 2.20. The summed E-state index contributed by atoms with van der Waals surface area (Å²) in [5.41, 5.74) is 0. The molecular formula is C10H17N3O3. The Bertz CT molecular complexity index is 349. The van der Waals surface area contributed by atoms with E-state index in [0.29, 0.717) is 18.3 Å². The van der Waals surface area contributed by atoms with E-state index in [-0.39, 0.29) is 18.6 Å². The maximum atomic E-state index is 11.2. The van der Waals surface area contributed by atoms with Crippen LogP contribution in [0.1, 0.15) is 25.6 Å². The minimum atomic E-state index is -0.270. The maximum Gasteiger partial charge on any atom is 0.319 e. The van der Waals surface area contributed by atoms with Gasteiger partial charge in [-0.05, 0) is 13.8 Å². The van der Waals surface area contributed by atoms with Crippen molar-refractivity contribution in [1.29, 1.82) is 0 Å². The van der Waals surface area contributed by atoms with Gasteiger partial charge in [-0.2, -0.15) is 4.98 Å². The van der Waals surface area contributed by atoms with Gasteiger partial charge in [-0.3, -0.25) is 9.69 Å². The average molecular weight is 227 g/mol. The first-order valence-corrected chi connectivity index (χ1v) is 5.13. The molecule has 0 aromatic carbocycles. The number of aryl methyl sites for hydroxylation is 1. The predicted octanol–water partition coefficient (Wildman–Crippen LogP) is 0.761. The SMILES string of the molecule is COC(=O)CN(Cc1noc(C)n1)C(C)C. The Morgan fingerprint density at radius 1 is 1.56 bits per heavy atom. The lowest BCUT2D eigenvalue weighted by molar-refractivity contribution is -0.142. The number of hydrogen-bond acceptors (Lipinski definition) is 6. The molecule has 0 unspecified atom stereocenters. The average Bonchev–Trinajstić information content (AvgIpc) is 2.62. The molecule has 0 saturated carbocycles. The summed E-state index contributed by atoms with van der Waals surface area (Å²) in [4.78, 5) is 17.2. The Labute approximate surface area is 94.6 Å². The van der Waals surface area contributed by atoms with Crippen LogP contribution in [0, 0.1) is 6.92 Å². The van der Waals surface area contributed by atoms with Gasteiger partial charge in [-0.15, -0.1) is 0 Å². The van der Waals surface area contributed by atoms with Gasteiger partial charge in [0.05, 0.1) is 20.2 Å². The van der Waals surface area contributed by atoms with Gasteiger partial charge >= 0.3 is 5.97 Å². The van der Waals surface area contributed by atoms with Gasteiger partial charge < -0.3 is 9.26 Å². The first-order chi connectivity index (χ1) is 7.52. The third kappa shape index (κ3) is 3.62. The van der Waals surface area contributed by atoms with Crippen molar-refractivity contribution in [2.45, 2.75) is 33.4 Å². The molecule has 0 spiro atoms. The summed E-state index contributed by atoms with van der Waals surface area (Å²) in [5.74, 6) is 0.834. The Balaban J connectivity index is 2.61. The summed E-state index contributed by atoms with van der Waals surface area (Å²) >= 11 is 0. The van der Waals surface area contributed by atoms with Crippen LogP contribution in [0.15, 0.2) is 4.52 Å². The van der Waals surface area contributed by atoms with Gasteiger partial charge in [0, 0.05) is 13.0 Å². The van der Waals surface area contributed by atoms with Crippen LogP contribution in [0.2, 0.25) is 0 Å². The fraction of sp³-hybridized carbons (Fsp3) is 0.700. The molecule has 0 radical (unpaired) electrons. The molecule has 1 aromatic rings. The first-order valence-electron chi connectivity index (χ1n) is 5.13. The van der Waals surface area contributed by atoms with Gasteiger partial charge in [0.25, 0.3) is 0 Å². The second kappa shape index (κ2) is 5.60. The van der Waals surface area contributed by atoms with Crippen LogP contribution in [0.4, 0.5) is 0 Å². The van der Waals surface area contributed by atoms with Crippen molar-refractivity contribution in [3.63, 3.8) is 0 Å². The second-order valence-corrected chi connectivity index (χ2v) is 3.80. The Kier molecular flexibility index (Phi) is 4.42. The number of carbonyl (C=O) groups excluding carboxylic acids is 1. The van der Waals surface area contributed by atoms with Gasteiger partial charge in [0.1, 0.15) is 0 Å². The van der Waals surface area contributed by atoms with E-state index in [1.165, 1.54) is 7.11 Å². The number of rotatable bonds is 5. The lowest BCUT2D eigenvalue weighted by Gasteiger charge is -2.23. The standard InChI is InChI=1S/C10H17N3O3/c1-7(2)13(6-10(14)15-4)5-9-11-8(3)16-12-9/h7H,5-6H2,1-4H3. The number of methoxy groups -OCH3 is 1. The van der Waals surface area contributed by atoms with E-state index in [1.54, 1.807) is 6.92 Å². The molecule has 0 saturated heterocycles. The highest BCUT2D eigenvalue weighted by atomic mass is 16.5. The van der Waals surface area contributed by atoms with Crippen LogP contribution in [-0.2, 0) is 16.1 Å². The van der Waals surface area contributed by atoms with Crippen LogP contribution in [-0.4, -0.2) is 40.7 Å². The van der Waals surface area contributed by atoms with E-state index in [1.807, 2.05) is 18.7 Å². The van der Waals surface area contributed by atoms with E-state index < -0.39 is 0 Å². The van der Waals surface area contributed by atoms with Crippen LogP contribution in [0.5, 0.6) is 0 Å². The first kappa shape index (κ1) is 12.6.